The van der Waals surface area contributed by atoms with Gasteiger partial charge in [-0.05, 0) is 43.7 Å². The minimum atomic E-state index is -2.67. The van der Waals surface area contributed by atoms with Crippen molar-refractivity contribution >= 4 is 11.8 Å². The third-order valence-corrected chi connectivity index (χ3v) is 5.20. The molecule has 0 aliphatic rings. The molecular formula is C21H18F2N4O2S. The molecule has 0 saturated heterocycles. The first kappa shape index (κ1) is 21.5. The molecule has 2 aromatic heterocycles. The predicted octanol–water partition coefficient (Wildman–Crippen LogP) is 4.56. The molecule has 3 rings (SSSR count). The highest BCUT2D eigenvalue weighted by Gasteiger charge is 2.15. The normalized spacial score (nSPS) is 10.8. The molecular weight excluding hydrogens is 410 g/mol. The fourth-order valence-corrected chi connectivity index (χ4v) is 3.86. The number of aryl methyl sites for hydroxylation is 2. The molecule has 0 aliphatic heterocycles. The number of H-pyrrole nitrogens is 1. The average Bonchev–Trinajstić information content (AvgIpc) is 2.71. The number of pyridine rings is 1. The number of benzene rings is 1. The number of aromatic nitrogens is 3. The van der Waals surface area contributed by atoms with E-state index in [0.29, 0.717) is 34.0 Å². The number of nitrogens with zero attached hydrogens (tertiary/aromatic N) is 3. The number of rotatable bonds is 6. The molecule has 30 heavy (non-hydrogen) atoms. The molecule has 0 saturated carbocycles. The maximum absolute atomic E-state index is 13.0. The maximum Gasteiger partial charge on any atom is 0.280 e. The van der Waals surface area contributed by atoms with E-state index in [1.54, 1.807) is 32.0 Å². The van der Waals surface area contributed by atoms with Crippen LogP contribution in [0.5, 0.6) is 5.75 Å². The molecule has 1 N–H and O–H groups in total. The third-order valence-electron chi connectivity index (χ3n) is 4.31. The molecule has 6 nitrogen and oxygen atoms in total. The summed E-state index contributed by atoms with van der Waals surface area (Å²) in [5, 5.41) is 9.63. The summed E-state index contributed by atoms with van der Waals surface area (Å²) in [6.07, 6.45) is -2.67. The van der Waals surface area contributed by atoms with E-state index in [9.17, 15) is 18.8 Å². The van der Waals surface area contributed by atoms with Gasteiger partial charge in [-0.25, -0.2) is 18.7 Å². The van der Waals surface area contributed by atoms with Crippen molar-refractivity contribution in [3.63, 3.8) is 0 Å². The first-order chi connectivity index (χ1) is 14.3. The lowest BCUT2D eigenvalue weighted by atomic mass is 9.99. The summed E-state index contributed by atoms with van der Waals surface area (Å²) in [6, 6.07) is 10.3. The van der Waals surface area contributed by atoms with Crippen LogP contribution in [-0.4, -0.2) is 22.1 Å². The maximum atomic E-state index is 13.0. The van der Waals surface area contributed by atoms with Crippen molar-refractivity contribution in [3.8, 4) is 22.9 Å². The lowest BCUT2D eigenvalue weighted by Crippen LogP contribution is -2.12. The lowest BCUT2D eigenvalue weighted by Gasteiger charge is -2.12. The van der Waals surface area contributed by atoms with Crippen LogP contribution in [0, 0.1) is 25.2 Å². The highest BCUT2D eigenvalue weighted by atomic mass is 32.2. The van der Waals surface area contributed by atoms with Crippen LogP contribution < -0.4 is 10.3 Å². The first-order valence-electron chi connectivity index (χ1n) is 8.90. The summed E-state index contributed by atoms with van der Waals surface area (Å²) < 4.78 is 31.4. The predicted molar refractivity (Wildman–Crippen MR) is 110 cm³/mol. The van der Waals surface area contributed by atoms with Crippen molar-refractivity contribution < 1.29 is 13.5 Å². The van der Waals surface area contributed by atoms with Crippen molar-refractivity contribution in [3.05, 3.63) is 68.9 Å². The van der Waals surface area contributed by atoms with Crippen molar-refractivity contribution in [2.45, 2.75) is 31.2 Å². The average molecular weight is 428 g/mol. The van der Waals surface area contributed by atoms with Crippen LogP contribution >= 0.6 is 11.8 Å². The summed E-state index contributed by atoms with van der Waals surface area (Å²) >= 11 is 1.20. The Morgan fingerprint density at radius 3 is 2.67 bits per heavy atom. The SMILES string of the molecule is COc1ccc(-c2cc(C)[nH]c(=O)c2C#N)cc1CSc1nc(C)cc(C(F)F)n1. The molecule has 0 aliphatic carbocycles. The van der Waals surface area contributed by atoms with Gasteiger partial charge >= 0.3 is 0 Å². The standard InChI is InChI=1S/C21H18F2N4O2S/c1-11-6-15(16(9-24)20(28)25-11)13-4-5-18(29-3)14(8-13)10-30-21-26-12(2)7-17(27-21)19(22)23/h4-8,19H,10H2,1-3H3,(H,25,28). The molecule has 1 aromatic carbocycles. The molecule has 0 unspecified atom stereocenters. The van der Waals surface area contributed by atoms with E-state index in [1.165, 1.54) is 24.9 Å². The summed E-state index contributed by atoms with van der Waals surface area (Å²) in [4.78, 5) is 22.9. The van der Waals surface area contributed by atoms with Gasteiger partial charge in [0, 0.05) is 28.3 Å². The van der Waals surface area contributed by atoms with Crippen LogP contribution in [0.3, 0.4) is 0 Å². The molecule has 0 spiro atoms. The number of hydrogen-bond donors (Lipinski definition) is 1. The summed E-state index contributed by atoms with van der Waals surface area (Å²) in [6.45, 7) is 3.37. The van der Waals surface area contributed by atoms with Crippen LogP contribution in [0.2, 0.25) is 0 Å². The Bertz CT molecular complexity index is 1190. The largest absolute Gasteiger partial charge is 0.496 e. The van der Waals surface area contributed by atoms with Gasteiger partial charge in [-0.15, -0.1) is 0 Å². The van der Waals surface area contributed by atoms with Gasteiger partial charge in [-0.3, -0.25) is 4.79 Å². The second-order valence-corrected chi connectivity index (χ2v) is 7.46. The number of thioether (sulfide) groups is 1. The van der Waals surface area contributed by atoms with Crippen LogP contribution in [0.4, 0.5) is 8.78 Å². The van der Waals surface area contributed by atoms with Crippen molar-refractivity contribution in [1.29, 1.82) is 5.26 Å². The van der Waals surface area contributed by atoms with Crippen molar-refractivity contribution in [1.82, 2.24) is 15.0 Å². The second-order valence-electron chi connectivity index (χ2n) is 6.51. The Morgan fingerprint density at radius 1 is 1.23 bits per heavy atom. The van der Waals surface area contributed by atoms with Crippen LogP contribution in [0.1, 0.15) is 34.6 Å². The Kier molecular flexibility index (Phi) is 6.47. The topological polar surface area (TPSA) is 91.7 Å². The molecule has 2 heterocycles. The molecule has 0 amide bonds. The fourth-order valence-electron chi connectivity index (χ4n) is 2.97. The quantitative estimate of drug-likeness (QED) is 0.457. The Labute approximate surface area is 176 Å². The number of alkyl halides is 2. The minimum Gasteiger partial charge on any atom is -0.496 e. The van der Waals surface area contributed by atoms with Gasteiger partial charge in [-0.1, -0.05) is 17.8 Å². The number of halogens is 2. The Balaban J connectivity index is 1.98. The summed E-state index contributed by atoms with van der Waals surface area (Å²) in [5.41, 5.74) is 2.29. The molecule has 3 aromatic rings. The van der Waals surface area contributed by atoms with Gasteiger partial charge in [0.2, 0.25) is 0 Å². The van der Waals surface area contributed by atoms with Crippen molar-refractivity contribution in [2.24, 2.45) is 0 Å². The van der Waals surface area contributed by atoms with E-state index in [4.69, 9.17) is 4.74 Å². The smallest absolute Gasteiger partial charge is 0.280 e. The highest BCUT2D eigenvalue weighted by Crippen LogP contribution is 2.32. The van der Waals surface area contributed by atoms with Gasteiger partial charge in [0.1, 0.15) is 23.1 Å². The van der Waals surface area contributed by atoms with Gasteiger partial charge < -0.3 is 9.72 Å². The van der Waals surface area contributed by atoms with E-state index in [0.717, 1.165) is 5.56 Å². The fraction of sp³-hybridized carbons (Fsp3) is 0.238. The molecule has 0 fully saturated rings. The third kappa shape index (κ3) is 4.66. The number of nitrogens with one attached hydrogen (secondary N) is 1. The summed E-state index contributed by atoms with van der Waals surface area (Å²) in [5.74, 6) is 0.945. The number of nitriles is 1. The zero-order valence-electron chi connectivity index (χ0n) is 16.5. The van der Waals surface area contributed by atoms with Gasteiger partial charge in [0.25, 0.3) is 12.0 Å². The zero-order valence-corrected chi connectivity index (χ0v) is 17.3. The second kappa shape index (κ2) is 9.05. The molecule has 0 bridgehead atoms. The van der Waals surface area contributed by atoms with Crippen molar-refractivity contribution in [2.75, 3.05) is 7.11 Å². The number of methoxy groups -OCH3 is 1. The Hall–Kier alpha value is -3.25. The number of hydrogen-bond acceptors (Lipinski definition) is 6. The van der Waals surface area contributed by atoms with Gasteiger partial charge in [0.15, 0.2) is 5.16 Å². The first-order valence-corrected chi connectivity index (χ1v) is 9.88. The minimum absolute atomic E-state index is 0.0213. The van der Waals surface area contributed by atoms with Crippen LogP contribution in [-0.2, 0) is 5.75 Å². The van der Waals surface area contributed by atoms with E-state index >= 15 is 0 Å². The number of aromatic amines is 1. The van der Waals surface area contributed by atoms with E-state index < -0.39 is 12.0 Å². The summed E-state index contributed by atoms with van der Waals surface area (Å²) in [7, 11) is 1.53. The molecule has 0 atom stereocenters. The van der Waals surface area contributed by atoms with Gasteiger partial charge in [-0.2, -0.15) is 5.26 Å². The lowest BCUT2D eigenvalue weighted by molar-refractivity contribution is 0.145. The molecule has 0 radical (unpaired) electrons. The monoisotopic (exact) mass is 428 g/mol. The highest BCUT2D eigenvalue weighted by molar-refractivity contribution is 7.98. The molecule has 154 valence electrons. The van der Waals surface area contributed by atoms with Crippen LogP contribution in [0.25, 0.3) is 11.1 Å². The molecule has 9 heteroatoms. The van der Waals surface area contributed by atoms with E-state index in [1.807, 2.05) is 12.1 Å². The van der Waals surface area contributed by atoms with E-state index in [2.05, 4.69) is 15.0 Å². The van der Waals surface area contributed by atoms with Crippen LogP contribution in [0.15, 0.2) is 40.3 Å². The van der Waals surface area contributed by atoms with Gasteiger partial charge in [0.05, 0.1) is 7.11 Å². The number of ether oxygens (including phenoxy) is 1. The Morgan fingerprint density at radius 2 is 2.00 bits per heavy atom. The zero-order chi connectivity index (χ0) is 21.8. The van der Waals surface area contributed by atoms with E-state index in [-0.39, 0.29) is 16.4 Å².